The molecule has 22 nitrogen and oxygen atoms in total. The number of aryl methyl sites for hydroxylation is 4. The van der Waals surface area contributed by atoms with Crippen molar-refractivity contribution < 1.29 is 39.9 Å². The molecule has 4 aromatic rings. The lowest BCUT2D eigenvalue weighted by Crippen LogP contribution is -2.45. The second-order valence-corrected chi connectivity index (χ2v) is 13.8. The summed E-state index contributed by atoms with van der Waals surface area (Å²) in [7, 11) is 5.71. The van der Waals surface area contributed by atoms with E-state index >= 15 is 0 Å². The fourth-order valence-electron chi connectivity index (χ4n) is 5.94. The lowest BCUT2D eigenvalue weighted by molar-refractivity contribution is 0.0924. The molecule has 9 N–H and O–H groups in total. The lowest BCUT2D eigenvalue weighted by Gasteiger charge is -2.28. The molecule has 0 aliphatic heterocycles. The standard InChI is InChI=1S/C38H50N10O12/c1-43-13-5-23(27(49)35(43)57)31(53)39-9-17-47(18-10-40-32(54)24-6-14-44(2)36(58)28(24)50)21-22-48(19-11-41-33(55)25-7-15-45(3)37(59)29(25)51)20-12-42-34(56)26-8-16-46(4)38(60)30(26)52/h5-8,13-16,31,39,49-53H,9-12,17-22H2,1-4H3,(H,40,54)(H,41,55)(H,42,56). The number of rotatable bonds is 20. The number of carbonyl (C=O) groups excluding carboxylic acids is 3. The maximum Gasteiger partial charge on any atom is 0.293 e. The molecule has 0 fully saturated rings. The highest BCUT2D eigenvalue weighted by Gasteiger charge is 2.20. The maximum absolute atomic E-state index is 12.9. The Kier molecular flexibility index (Phi) is 15.9. The number of aliphatic hydroxyl groups excluding tert-OH is 1. The molecule has 0 saturated heterocycles. The topological polar surface area (TPSA) is 295 Å². The monoisotopic (exact) mass is 838 g/mol. The molecule has 0 bridgehead atoms. The molecule has 22 heteroatoms. The van der Waals surface area contributed by atoms with E-state index in [0.29, 0.717) is 0 Å². The third-order valence-electron chi connectivity index (χ3n) is 9.67. The van der Waals surface area contributed by atoms with Crippen LogP contribution in [-0.2, 0) is 28.2 Å². The largest absolute Gasteiger partial charge is 0.503 e. The van der Waals surface area contributed by atoms with Gasteiger partial charge in [-0.25, -0.2) is 0 Å². The molecule has 0 radical (unpaired) electrons. The van der Waals surface area contributed by atoms with Gasteiger partial charge in [-0.3, -0.25) is 48.7 Å². The number of carbonyl (C=O) groups is 3. The van der Waals surface area contributed by atoms with Crippen LogP contribution >= 0.6 is 0 Å². The predicted molar refractivity (Wildman–Crippen MR) is 216 cm³/mol. The summed E-state index contributed by atoms with van der Waals surface area (Å²) >= 11 is 0. The average molecular weight is 839 g/mol. The van der Waals surface area contributed by atoms with Crippen LogP contribution in [-0.4, -0.2) is 137 Å². The minimum Gasteiger partial charge on any atom is -0.503 e. The quantitative estimate of drug-likeness (QED) is 0.0396. The molecule has 0 aliphatic carbocycles. The minimum atomic E-state index is -1.42. The maximum atomic E-state index is 12.9. The predicted octanol–water partition coefficient (Wildman–Crippen LogP) is -3.22. The van der Waals surface area contributed by atoms with Gasteiger partial charge in [-0.1, -0.05) is 0 Å². The van der Waals surface area contributed by atoms with Crippen molar-refractivity contribution in [1.29, 1.82) is 0 Å². The van der Waals surface area contributed by atoms with Crippen LogP contribution < -0.4 is 43.5 Å². The summed E-state index contributed by atoms with van der Waals surface area (Å²) in [6.07, 6.45) is 3.99. The normalized spacial score (nSPS) is 11.8. The van der Waals surface area contributed by atoms with Gasteiger partial charge in [0.25, 0.3) is 40.0 Å². The average Bonchev–Trinajstić information content (AvgIpc) is 3.21. The summed E-state index contributed by atoms with van der Waals surface area (Å²) in [6.45, 7) is 1.60. The summed E-state index contributed by atoms with van der Waals surface area (Å²) in [6, 6.07) is 5.28. The van der Waals surface area contributed by atoms with Crippen LogP contribution in [0.4, 0.5) is 0 Å². The van der Waals surface area contributed by atoms with Crippen molar-refractivity contribution >= 4 is 17.7 Å². The van der Waals surface area contributed by atoms with Crippen LogP contribution in [0.25, 0.3) is 0 Å². The Balaban J connectivity index is 1.47. The van der Waals surface area contributed by atoms with Crippen LogP contribution in [0, 0.1) is 0 Å². The molecule has 4 aromatic heterocycles. The van der Waals surface area contributed by atoms with Gasteiger partial charge in [0.05, 0.1) is 16.7 Å². The van der Waals surface area contributed by atoms with Gasteiger partial charge in [0.1, 0.15) is 6.23 Å². The van der Waals surface area contributed by atoms with Crippen LogP contribution in [0.2, 0.25) is 0 Å². The molecule has 0 spiro atoms. The van der Waals surface area contributed by atoms with Gasteiger partial charge >= 0.3 is 0 Å². The Bertz CT molecular complexity index is 2360. The van der Waals surface area contributed by atoms with Gasteiger partial charge in [0.15, 0.2) is 23.0 Å². The molecule has 4 rings (SSSR count). The first kappa shape index (κ1) is 45.9. The first-order valence-corrected chi connectivity index (χ1v) is 18.7. The summed E-state index contributed by atoms with van der Waals surface area (Å²) in [5, 5.41) is 62.6. The van der Waals surface area contributed by atoms with Gasteiger partial charge in [0.2, 0.25) is 0 Å². The highest BCUT2D eigenvalue weighted by Crippen LogP contribution is 2.18. The van der Waals surface area contributed by atoms with E-state index < -0.39 is 69.2 Å². The zero-order valence-electron chi connectivity index (χ0n) is 33.5. The van der Waals surface area contributed by atoms with E-state index in [1.54, 1.807) is 0 Å². The van der Waals surface area contributed by atoms with E-state index in [9.17, 15) is 59.1 Å². The molecule has 324 valence electrons. The number of nitrogens with one attached hydrogen (secondary N) is 4. The molecular weight excluding hydrogens is 788 g/mol. The summed E-state index contributed by atoms with van der Waals surface area (Å²) in [5.74, 6) is -4.87. The van der Waals surface area contributed by atoms with Crippen LogP contribution in [0.5, 0.6) is 23.0 Å². The molecular formula is C38H50N10O12. The Labute approximate surface area is 342 Å². The van der Waals surface area contributed by atoms with Gasteiger partial charge in [0, 0.05) is 124 Å². The van der Waals surface area contributed by atoms with E-state index in [2.05, 4.69) is 21.3 Å². The van der Waals surface area contributed by atoms with E-state index in [-0.39, 0.29) is 87.7 Å². The van der Waals surface area contributed by atoms with Gasteiger partial charge in [-0.2, -0.15) is 0 Å². The number of aromatic hydroxyl groups is 4. The number of amides is 3. The van der Waals surface area contributed by atoms with Gasteiger partial charge in [-0.05, 0) is 24.3 Å². The second kappa shape index (κ2) is 20.8. The number of nitrogens with zero attached hydrogens (tertiary/aromatic N) is 6. The minimum absolute atomic E-state index is 0.0286. The summed E-state index contributed by atoms with van der Waals surface area (Å²) in [5.41, 5.74) is -3.65. The highest BCUT2D eigenvalue weighted by molar-refractivity contribution is 5.97. The highest BCUT2D eigenvalue weighted by atomic mass is 16.3. The van der Waals surface area contributed by atoms with Gasteiger partial charge < -0.3 is 59.8 Å². The van der Waals surface area contributed by atoms with Crippen molar-refractivity contribution in [3.05, 3.63) is 113 Å². The SMILES string of the molecule is Cn1ccc(C(=O)NCCN(CCNC(=O)c2ccn(C)c(=O)c2O)CCN(CCNC(=O)c2ccn(C)c(=O)c2O)CCNC(O)c2ccn(C)c(=O)c2O)c(O)c1=O. The van der Waals surface area contributed by atoms with Crippen LogP contribution in [0.3, 0.4) is 0 Å². The fraction of sp³-hybridized carbons (Fsp3) is 0.395. The van der Waals surface area contributed by atoms with Crippen LogP contribution in [0.15, 0.2) is 68.2 Å². The van der Waals surface area contributed by atoms with E-state index in [0.717, 1.165) is 18.3 Å². The molecule has 3 amide bonds. The molecule has 60 heavy (non-hydrogen) atoms. The first-order chi connectivity index (χ1) is 28.4. The second-order valence-electron chi connectivity index (χ2n) is 13.8. The summed E-state index contributed by atoms with van der Waals surface area (Å²) in [4.78, 5) is 91.2. The lowest BCUT2D eigenvalue weighted by atomic mass is 10.2. The summed E-state index contributed by atoms with van der Waals surface area (Å²) < 4.78 is 4.50. The number of aliphatic hydroxyl groups is 1. The molecule has 0 aliphatic rings. The molecule has 0 saturated carbocycles. The van der Waals surface area contributed by atoms with Gasteiger partial charge in [-0.15, -0.1) is 0 Å². The van der Waals surface area contributed by atoms with Crippen molar-refractivity contribution in [3.8, 4) is 23.0 Å². The van der Waals surface area contributed by atoms with E-state index in [4.69, 9.17) is 0 Å². The Hall–Kier alpha value is -6.75. The van der Waals surface area contributed by atoms with Crippen LogP contribution in [0.1, 0.15) is 42.9 Å². The molecule has 1 unspecified atom stereocenters. The van der Waals surface area contributed by atoms with Crippen molar-refractivity contribution in [2.24, 2.45) is 28.2 Å². The van der Waals surface area contributed by atoms with E-state index in [1.165, 1.54) is 77.2 Å². The smallest absolute Gasteiger partial charge is 0.293 e. The third-order valence-corrected chi connectivity index (χ3v) is 9.67. The van der Waals surface area contributed by atoms with Crippen molar-refractivity contribution in [2.75, 3.05) is 65.4 Å². The Morgan fingerprint density at radius 3 is 1.15 bits per heavy atom. The number of aromatic nitrogens is 4. The molecule has 1 atom stereocenters. The zero-order chi connectivity index (χ0) is 44.3. The third kappa shape index (κ3) is 11.5. The van der Waals surface area contributed by atoms with Crippen molar-refractivity contribution in [2.45, 2.75) is 6.23 Å². The first-order valence-electron chi connectivity index (χ1n) is 18.7. The Morgan fingerprint density at radius 1 is 0.500 bits per heavy atom. The van der Waals surface area contributed by atoms with Crippen molar-refractivity contribution in [3.63, 3.8) is 0 Å². The number of hydrogen-bond donors (Lipinski definition) is 9. The van der Waals surface area contributed by atoms with E-state index in [1.807, 2.05) is 9.80 Å². The zero-order valence-corrected chi connectivity index (χ0v) is 33.5. The number of hydrogen-bond acceptors (Lipinski definition) is 15. The molecule has 4 heterocycles. The molecule has 0 aromatic carbocycles. The Morgan fingerprint density at radius 2 is 0.800 bits per heavy atom. The van der Waals surface area contributed by atoms with Crippen molar-refractivity contribution in [1.82, 2.24) is 49.3 Å². The fourth-order valence-corrected chi connectivity index (χ4v) is 5.94. The number of pyridine rings is 4.